The lowest BCUT2D eigenvalue weighted by Gasteiger charge is -2.23. The van der Waals surface area contributed by atoms with Gasteiger partial charge >= 0.3 is 0 Å². The molecule has 2 nitrogen and oxygen atoms in total. The maximum atomic E-state index is 13.9. The summed E-state index contributed by atoms with van der Waals surface area (Å²) in [7, 11) is 0. The van der Waals surface area contributed by atoms with Crippen LogP contribution in [-0.2, 0) is 4.79 Å². The van der Waals surface area contributed by atoms with Crippen LogP contribution in [0.15, 0.2) is 18.2 Å². The van der Waals surface area contributed by atoms with Gasteiger partial charge in [0.2, 0.25) is 0 Å². The molecule has 2 saturated carbocycles. The van der Waals surface area contributed by atoms with Crippen molar-refractivity contribution in [2.24, 2.45) is 17.8 Å². The molecule has 1 aromatic carbocycles. The molecule has 0 spiro atoms. The first-order valence-corrected chi connectivity index (χ1v) is 7.37. The second kappa shape index (κ2) is 5.18. The second-order valence-corrected chi connectivity index (χ2v) is 6.29. The number of hydrogen-bond acceptors (Lipinski definition) is 2. The van der Waals surface area contributed by atoms with Gasteiger partial charge in [-0.1, -0.05) is 24.1 Å². The molecule has 2 bridgehead atoms. The molecule has 2 aliphatic rings. The van der Waals surface area contributed by atoms with Gasteiger partial charge in [-0.2, -0.15) is 5.26 Å². The number of nitrogens with zero attached hydrogens (tertiary/aromatic N) is 1. The average Bonchev–Trinajstić information content (AvgIpc) is 3.05. The molecule has 0 amide bonds. The van der Waals surface area contributed by atoms with Crippen molar-refractivity contribution >= 4 is 17.4 Å². The summed E-state index contributed by atoms with van der Waals surface area (Å²) in [5.41, 5.74) is 0.0458. The maximum Gasteiger partial charge on any atom is 0.157 e. The quantitative estimate of drug-likeness (QED) is 0.841. The Bertz CT molecular complexity index is 574. The van der Waals surface area contributed by atoms with Gasteiger partial charge in [0.25, 0.3) is 0 Å². The Kier molecular flexibility index (Phi) is 3.52. The van der Waals surface area contributed by atoms with Crippen molar-refractivity contribution in [3.8, 4) is 6.07 Å². The summed E-state index contributed by atoms with van der Waals surface area (Å²) in [6, 6.07) is 6.22. The number of benzene rings is 1. The first-order chi connectivity index (χ1) is 9.61. The van der Waals surface area contributed by atoms with Crippen molar-refractivity contribution < 1.29 is 9.18 Å². The van der Waals surface area contributed by atoms with E-state index in [1.165, 1.54) is 24.6 Å². The lowest BCUT2D eigenvalue weighted by Crippen LogP contribution is -2.26. The Balaban J connectivity index is 1.91. The van der Waals surface area contributed by atoms with Crippen molar-refractivity contribution in [1.82, 2.24) is 0 Å². The summed E-state index contributed by atoms with van der Waals surface area (Å²) in [5.74, 6) is -0.882. The Hall–Kier alpha value is -1.40. The number of fused-ring (bicyclic) bond motifs is 2. The molecule has 0 heterocycles. The van der Waals surface area contributed by atoms with Crippen molar-refractivity contribution in [2.75, 3.05) is 0 Å². The van der Waals surface area contributed by atoms with E-state index in [9.17, 15) is 14.4 Å². The van der Waals surface area contributed by atoms with Crippen LogP contribution >= 0.6 is 11.6 Å². The van der Waals surface area contributed by atoms with Gasteiger partial charge in [-0.15, -0.1) is 0 Å². The lowest BCUT2D eigenvalue weighted by molar-refractivity contribution is -0.124. The third kappa shape index (κ3) is 2.13. The van der Waals surface area contributed by atoms with E-state index < -0.39 is 11.7 Å². The molecule has 0 saturated heterocycles. The molecule has 0 N–H and O–H groups in total. The van der Waals surface area contributed by atoms with Crippen LogP contribution < -0.4 is 0 Å². The van der Waals surface area contributed by atoms with Crippen LogP contribution in [0.3, 0.4) is 0 Å². The van der Waals surface area contributed by atoms with E-state index in [1.54, 1.807) is 0 Å². The van der Waals surface area contributed by atoms with E-state index in [0.29, 0.717) is 11.8 Å². The Morgan fingerprint density at radius 2 is 2.20 bits per heavy atom. The van der Waals surface area contributed by atoms with Crippen LogP contribution in [0, 0.1) is 34.9 Å². The third-order valence-electron chi connectivity index (χ3n) is 4.81. The topological polar surface area (TPSA) is 40.9 Å². The van der Waals surface area contributed by atoms with Crippen LogP contribution in [0.5, 0.6) is 0 Å². The molecule has 4 unspecified atom stereocenters. The zero-order chi connectivity index (χ0) is 14.3. The molecule has 104 valence electrons. The van der Waals surface area contributed by atoms with Crippen LogP contribution in [0.1, 0.15) is 37.2 Å². The minimum atomic E-state index is -1.08. The molecule has 0 aliphatic heterocycles. The van der Waals surface area contributed by atoms with Crippen LogP contribution in [0.4, 0.5) is 4.39 Å². The summed E-state index contributed by atoms with van der Waals surface area (Å²) in [6.45, 7) is 0. The smallest absolute Gasteiger partial charge is 0.157 e. The summed E-state index contributed by atoms with van der Waals surface area (Å²) in [5, 5.41) is 9.49. The van der Waals surface area contributed by atoms with E-state index in [4.69, 9.17) is 11.6 Å². The minimum absolute atomic E-state index is 0.0458. The Labute approximate surface area is 122 Å². The normalized spacial score (nSPS) is 29.1. The zero-order valence-corrected chi connectivity index (χ0v) is 11.7. The van der Waals surface area contributed by atoms with Crippen LogP contribution in [0.2, 0.25) is 5.02 Å². The number of ketones is 1. The molecule has 2 fully saturated rings. The predicted molar refractivity (Wildman–Crippen MR) is 73.7 cm³/mol. The van der Waals surface area contributed by atoms with E-state index in [0.717, 1.165) is 19.3 Å². The van der Waals surface area contributed by atoms with Gasteiger partial charge in [0.1, 0.15) is 11.7 Å². The van der Waals surface area contributed by atoms with Gasteiger partial charge in [-0.05, 0) is 43.2 Å². The zero-order valence-electron chi connectivity index (χ0n) is 11.0. The van der Waals surface area contributed by atoms with Crippen LogP contribution in [-0.4, -0.2) is 5.78 Å². The number of carbonyl (C=O) groups is 1. The van der Waals surface area contributed by atoms with Crippen molar-refractivity contribution in [1.29, 1.82) is 5.26 Å². The lowest BCUT2D eigenvalue weighted by atomic mass is 9.79. The molecule has 1 aromatic rings. The first-order valence-electron chi connectivity index (χ1n) is 6.99. The van der Waals surface area contributed by atoms with E-state index in [1.807, 2.05) is 6.07 Å². The number of nitriles is 1. The van der Waals surface area contributed by atoms with E-state index >= 15 is 0 Å². The number of halogens is 2. The SMILES string of the molecule is N#CC(C(=O)C1CC2CCC1C2)c1c(F)cccc1Cl. The highest BCUT2D eigenvalue weighted by atomic mass is 35.5. The number of carbonyl (C=O) groups excluding carboxylic acids is 1. The molecule has 0 radical (unpaired) electrons. The molecular formula is C16H15ClFNO. The maximum absolute atomic E-state index is 13.9. The monoisotopic (exact) mass is 291 g/mol. The van der Waals surface area contributed by atoms with E-state index in [2.05, 4.69) is 0 Å². The van der Waals surface area contributed by atoms with Crippen molar-refractivity contribution in [3.63, 3.8) is 0 Å². The number of Topliss-reactive ketones (excluding diaryl/α,β-unsaturated/α-hetero) is 1. The first kappa shape index (κ1) is 13.6. The minimum Gasteiger partial charge on any atom is -0.298 e. The molecule has 4 atom stereocenters. The molecule has 20 heavy (non-hydrogen) atoms. The second-order valence-electron chi connectivity index (χ2n) is 5.88. The predicted octanol–water partition coefficient (Wildman–Crippen LogP) is 4.09. The van der Waals surface area contributed by atoms with Crippen molar-refractivity contribution in [2.45, 2.75) is 31.6 Å². The Morgan fingerprint density at radius 3 is 2.75 bits per heavy atom. The summed E-state index contributed by atoms with van der Waals surface area (Å²) in [6.07, 6.45) is 4.18. The third-order valence-corrected chi connectivity index (χ3v) is 5.14. The van der Waals surface area contributed by atoms with Gasteiger partial charge in [-0.25, -0.2) is 4.39 Å². The van der Waals surface area contributed by atoms with Gasteiger partial charge in [-0.3, -0.25) is 4.79 Å². The molecule has 3 rings (SSSR count). The number of rotatable bonds is 3. The Morgan fingerprint density at radius 1 is 1.40 bits per heavy atom. The summed E-state index contributed by atoms with van der Waals surface area (Å²) >= 11 is 5.99. The largest absolute Gasteiger partial charge is 0.298 e. The van der Waals surface area contributed by atoms with Gasteiger partial charge in [0.05, 0.1) is 6.07 Å². The highest BCUT2D eigenvalue weighted by Crippen LogP contribution is 2.50. The standard InChI is InChI=1S/C16H15ClFNO/c17-13-2-1-3-14(18)15(13)12(8-19)16(20)11-7-9-4-5-10(11)6-9/h1-3,9-12H,4-7H2. The molecule has 0 aromatic heterocycles. The number of hydrogen-bond donors (Lipinski definition) is 0. The summed E-state index contributed by atoms with van der Waals surface area (Å²) < 4.78 is 13.9. The fourth-order valence-corrected chi connectivity index (χ4v) is 4.14. The van der Waals surface area contributed by atoms with E-state index in [-0.39, 0.29) is 22.3 Å². The summed E-state index contributed by atoms with van der Waals surface area (Å²) in [4.78, 5) is 12.6. The van der Waals surface area contributed by atoms with Gasteiger partial charge < -0.3 is 0 Å². The fourth-order valence-electron chi connectivity index (χ4n) is 3.86. The highest BCUT2D eigenvalue weighted by molar-refractivity contribution is 6.31. The van der Waals surface area contributed by atoms with Crippen molar-refractivity contribution in [3.05, 3.63) is 34.6 Å². The molecule has 2 aliphatic carbocycles. The fraction of sp³-hybridized carbons (Fsp3) is 0.500. The van der Waals surface area contributed by atoms with Gasteiger partial charge in [0, 0.05) is 16.5 Å². The molecular weight excluding hydrogens is 277 g/mol. The average molecular weight is 292 g/mol. The highest BCUT2D eigenvalue weighted by Gasteiger charge is 2.45. The van der Waals surface area contributed by atoms with Gasteiger partial charge in [0.15, 0.2) is 5.78 Å². The molecule has 4 heteroatoms. The van der Waals surface area contributed by atoms with Crippen LogP contribution in [0.25, 0.3) is 0 Å².